The number of amides is 2. The van der Waals surface area contributed by atoms with E-state index in [1.54, 1.807) is 0 Å². The number of halogens is 6. The Hall–Kier alpha value is -1.48. The number of alkyl halides is 6. The molecule has 0 rings (SSSR count). The molecule has 0 aliphatic carbocycles. The number of unbranched alkanes of at least 4 members (excludes halogenated alkanes) is 6. The lowest BCUT2D eigenvalue weighted by molar-refractivity contribution is -0.287. The van der Waals surface area contributed by atoms with Crippen LogP contribution >= 0.6 is 0 Å². The van der Waals surface area contributed by atoms with Crippen LogP contribution in [-0.4, -0.2) is 42.7 Å². The van der Waals surface area contributed by atoms with E-state index >= 15 is 0 Å². The Morgan fingerprint density at radius 2 is 0.963 bits per heavy atom. The van der Waals surface area contributed by atoms with E-state index in [0.717, 1.165) is 25.7 Å². The average molecular weight is 406 g/mol. The number of nitrogens with one attached hydrogen (secondary N) is 2. The van der Waals surface area contributed by atoms with E-state index in [1.807, 2.05) is 13.8 Å². The molecule has 0 atom stereocenters. The third kappa shape index (κ3) is 6.88. The highest BCUT2D eigenvalue weighted by Gasteiger charge is 2.77. The summed E-state index contributed by atoms with van der Waals surface area (Å²) in [6, 6.07) is 0. The second-order valence-corrected chi connectivity index (χ2v) is 6.36. The third-order valence-corrected chi connectivity index (χ3v) is 3.99. The van der Waals surface area contributed by atoms with E-state index in [0.29, 0.717) is 12.8 Å². The molecule has 0 heterocycles. The van der Waals surface area contributed by atoms with E-state index in [-0.39, 0.29) is 25.9 Å². The van der Waals surface area contributed by atoms with Gasteiger partial charge in [-0.2, -0.15) is 26.3 Å². The van der Waals surface area contributed by atoms with Gasteiger partial charge in [-0.1, -0.05) is 52.4 Å². The van der Waals surface area contributed by atoms with Gasteiger partial charge in [0.25, 0.3) is 11.8 Å². The normalized spacial score (nSPS) is 12.7. The smallest absolute Gasteiger partial charge is 0.351 e. The largest absolute Gasteiger partial charge is 0.393 e. The van der Waals surface area contributed by atoms with E-state index in [4.69, 9.17) is 0 Å². The Kier molecular flexibility index (Phi) is 10.8. The summed E-state index contributed by atoms with van der Waals surface area (Å²) in [5.41, 5.74) is 0. The summed E-state index contributed by atoms with van der Waals surface area (Å²) in [5, 5.41) is 3.06. The molecular formula is C17H28F6N2O2. The average Bonchev–Trinajstić information content (AvgIpc) is 2.60. The summed E-state index contributed by atoms with van der Waals surface area (Å²) in [6.45, 7) is 3.06. The van der Waals surface area contributed by atoms with Crippen LogP contribution in [0.2, 0.25) is 0 Å². The fraction of sp³-hybridized carbons (Fsp3) is 0.882. The first-order valence-corrected chi connectivity index (χ1v) is 9.16. The lowest BCUT2D eigenvalue weighted by Gasteiger charge is -2.31. The van der Waals surface area contributed by atoms with Gasteiger partial charge in [-0.25, -0.2) is 0 Å². The lowest BCUT2D eigenvalue weighted by Crippen LogP contribution is -2.65. The lowest BCUT2D eigenvalue weighted by atomic mass is 10.0. The van der Waals surface area contributed by atoms with Crippen molar-refractivity contribution in [3.8, 4) is 0 Å². The van der Waals surface area contributed by atoms with Crippen LogP contribution in [0, 0.1) is 0 Å². The molecule has 2 N–H and O–H groups in total. The predicted molar refractivity (Wildman–Crippen MR) is 89.1 cm³/mol. The first-order chi connectivity index (χ1) is 12.5. The van der Waals surface area contributed by atoms with Gasteiger partial charge in [0.1, 0.15) is 0 Å². The van der Waals surface area contributed by atoms with Crippen molar-refractivity contribution in [2.45, 2.75) is 83.0 Å². The van der Waals surface area contributed by atoms with Crippen molar-refractivity contribution in [2.75, 3.05) is 13.1 Å². The number of carbonyl (C=O) groups is 2. The molecule has 0 radical (unpaired) electrons. The van der Waals surface area contributed by atoms with Crippen LogP contribution in [0.3, 0.4) is 0 Å². The van der Waals surface area contributed by atoms with E-state index in [9.17, 15) is 35.9 Å². The molecule has 4 nitrogen and oxygen atoms in total. The van der Waals surface area contributed by atoms with Gasteiger partial charge in [-0.3, -0.25) is 9.59 Å². The molecule has 0 aromatic carbocycles. The van der Waals surface area contributed by atoms with Crippen LogP contribution < -0.4 is 10.6 Å². The highest BCUT2D eigenvalue weighted by Crippen LogP contribution is 2.46. The van der Waals surface area contributed by atoms with Gasteiger partial charge in [-0.15, -0.1) is 0 Å². The monoisotopic (exact) mass is 406 g/mol. The van der Waals surface area contributed by atoms with Crippen molar-refractivity contribution in [1.29, 1.82) is 0 Å². The second kappa shape index (κ2) is 11.4. The summed E-state index contributed by atoms with van der Waals surface area (Å²) < 4.78 is 82.2. The zero-order chi connectivity index (χ0) is 21.1. The molecule has 0 saturated heterocycles. The standard InChI is InChI=1S/C17H28F6N2O2/c1-3-5-7-9-11-24-13(26)15(18,19)17(22,23)16(20,21)14(27)25-12-10-8-6-4-2/h3-12H2,1-2H3,(H,24,26)(H,25,27). The third-order valence-electron chi connectivity index (χ3n) is 3.99. The van der Waals surface area contributed by atoms with Gasteiger partial charge in [0.2, 0.25) is 0 Å². The van der Waals surface area contributed by atoms with Crippen molar-refractivity contribution in [3.05, 3.63) is 0 Å². The fourth-order valence-corrected chi connectivity index (χ4v) is 2.21. The maximum Gasteiger partial charge on any atom is 0.393 e. The molecule has 27 heavy (non-hydrogen) atoms. The molecule has 160 valence electrons. The minimum absolute atomic E-state index is 0.246. The van der Waals surface area contributed by atoms with Gasteiger partial charge in [0.15, 0.2) is 0 Å². The first-order valence-electron chi connectivity index (χ1n) is 9.16. The molecule has 0 saturated carbocycles. The van der Waals surface area contributed by atoms with Crippen LogP contribution in [-0.2, 0) is 9.59 Å². The Morgan fingerprint density at radius 3 is 1.26 bits per heavy atom. The van der Waals surface area contributed by atoms with Crippen molar-refractivity contribution in [3.63, 3.8) is 0 Å². The quantitative estimate of drug-likeness (QED) is 0.334. The molecule has 10 heteroatoms. The summed E-state index contributed by atoms with van der Waals surface area (Å²) in [4.78, 5) is 22.7. The number of carbonyl (C=O) groups excluding carboxylic acids is 2. The summed E-state index contributed by atoms with van der Waals surface area (Å²) in [7, 11) is 0. The fourth-order valence-electron chi connectivity index (χ4n) is 2.21. The maximum absolute atomic E-state index is 13.7. The van der Waals surface area contributed by atoms with Crippen LogP contribution in [0.4, 0.5) is 26.3 Å². The van der Waals surface area contributed by atoms with Gasteiger partial charge in [-0.05, 0) is 12.8 Å². The minimum Gasteiger partial charge on any atom is -0.351 e. The summed E-state index contributed by atoms with van der Waals surface area (Å²) >= 11 is 0. The topological polar surface area (TPSA) is 58.2 Å². The van der Waals surface area contributed by atoms with Crippen molar-refractivity contribution >= 4 is 11.8 Å². The Balaban J connectivity index is 4.86. The predicted octanol–water partition coefficient (Wildman–Crippen LogP) is 4.29. The molecule has 0 aromatic heterocycles. The second-order valence-electron chi connectivity index (χ2n) is 6.36. The number of hydrogen-bond acceptors (Lipinski definition) is 2. The van der Waals surface area contributed by atoms with Gasteiger partial charge in [0.05, 0.1) is 0 Å². The van der Waals surface area contributed by atoms with Crippen molar-refractivity contribution < 1.29 is 35.9 Å². The van der Waals surface area contributed by atoms with Crippen LogP contribution in [0.5, 0.6) is 0 Å². The summed E-state index contributed by atoms with van der Waals surface area (Å²) in [6.07, 6.45) is 4.76. The first kappa shape index (κ1) is 25.5. The van der Waals surface area contributed by atoms with Gasteiger partial charge < -0.3 is 10.6 Å². The number of rotatable bonds is 14. The van der Waals surface area contributed by atoms with Crippen LogP contribution in [0.1, 0.15) is 65.2 Å². The van der Waals surface area contributed by atoms with Crippen molar-refractivity contribution in [2.24, 2.45) is 0 Å². The Bertz CT molecular complexity index is 432. The maximum atomic E-state index is 13.7. The molecule has 0 bridgehead atoms. The van der Waals surface area contributed by atoms with Crippen LogP contribution in [0.25, 0.3) is 0 Å². The highest BCUT2D eigenvalue weighted by molar-refractivity contribution is 5.89. The molecule has 0 fully saturated rings. The van der Waals surface area contributed by atoms with E-state index in [2.05, 4.69) is 0 Å². The Morgan fingerprint density at radius 1 is 0.630 bits per heavy atom. The SMILES string of the molecule is CCCCCCNC(=O)C(F)(F)C(F)(F)C(F)(F)C(=O)NCCCCCC. The summed E-state index contributed by atoms with van der Waals surface area (Å²) in [5.74, 6) is -22.7. The molecule has 2 amide bonds. The molecule has 0 unspecified atom stereocenters. The zero-order valence-electron chi connectivity index (χ0n) is 15.7. The van der Waals surface area contributed by atoms with Gasteiger partial charge >= 0.3 is 17.8 Å². The Labute approximate surface area is 155 Å². The van der Waals surface area contributed by atoms with Crippen molar-refractivity contribution in [1.82, 2.24) is 10.6 Å². The highest BCUT2D eigenvalue weighted by atomic mass is 19.3. The van der Waals surface area contributed by atoms with Crippen LogP contribution in [0.15, 0.2) is 0 Å². The molecule has 0 spiro atoms. The van der Waals surface area contributed by atoms with E-state index in [1.165, 1.54) is 10.6 Å². The number of hydrogen-bond donors (Lipinski definition) is 2. The molecule has 0 aromatic rings. The molecule has 0 aliphatic rings. The minimum atomic E-state index is -6.17. The molecular weight excluding hydrogens is 378 g/mol. The zero-order valence-corrected chi connectivity index (χ0v) is 15.7. The van der Waals surface area contributed by atoms with Gasteiger partial charge in [0, 0.05) is 13.1 Å². The molecule has 0 aliphatic heterocycles. The van der Waals surface area contributed by atoms with E-state index < -0.39 is 29.6 Å².